The number of fused-ring (bicyclic) bond motifs is 1. The number of carbonyl (C=O) groups excluding carboxylic acids is 1. The summed E-state index contributed by atoms with van der Waals surface area (Å²) in [5, 5.41) is 0.458. The van der Waals surface area contributed by atoms with Crippen LogP contribution in [0.3, 0.4) is 0 Å². The first kappa shape index (κ1) is 21.2. The third-order valence-electron chi connectivity index (χ3n) is 5.07. The Morgan fingerprint density at radius 2 is 1.58 bits per heavy atom. The lowest BCUT2D eigenvalue weighted by molar-refractivity contribution is -0.113. The average Bonchev–Trinajstić information content (AvgIpc) is 3.14. The molecule has 0 unspecified atom stereocenters. The van der Waals surface area contributed by atoms with Crippen molar-refractivity contribution < 1.29 is 23.0 Å². The van der Waals surface area contributed by atoms with Crippen LogP contribution in [-0.2, 0) is 11.3 Å². The number of carbonyl (C=O) groups is 1. The maximum atomic E-state index is 13.5. The third-order valence-corrected chi connectivity index (χ3v) is 6.07. The van der Waals surface area contributed by atoms with Crippen LogP contribution < -0.4 is 14.4 Å². The van der Waals surface area contributed by atoms with Crippen molar-refractivity contribution in [3.05, 3.63) is 94.4 Å². The van der Waals surface area contributed by atoms with E-state index in [4.69, 9.17) is 9.47 Å². The van der Waals surface area contributed by atoms with Crippen LogP contribution in [0.4, 0.5) is 14.5 Å². The fourth-order valence-corrected chi connectivity index (χ4v) is 4.43. The molecule has 33 heavy (non-hydrogen) atoms. The van der Waals surface area contributed by atoms with Crippen LogP contribution in [0.5, 0.6) is 11.5 Å². The maximum absolute atomic E-state index is 13.5. The van der Waals surface area contributed by atoms with E-state index in [1.807, 2.05) is 18.2 Å². The molecular weight excluding hydrogens is 446 g/mol. The Kier molecular flexibility index (Phi) is 5.83. The lowest BCUT2D eigenvalue weighted by Gasteiger charge is -2.18. The summed E-state index contributed by atoms with van der Waals surface area (Å²) in [5.74, 6) is 0.318. The van der Waals surface area contributed by atoms with Gasteiger partial charge in [-0.2, -0.15) is 0 Å². The van der Waals surface area contributed by atoms with Gasteiger partial charge in [-0.15, -0.1) is 0 Å². The molecule has 0 atom stereocenters. The molecule has 3 aromatic rings. The quantitative estimate of drug-likeness (QED) is 0.485. The highest BCUT2D eigenvalue weighted by atomic mass is 32.2. The lowest BCUT2D eigenvalue weighted by atomic mass is 10.1. The highest BCUT2D eigenvalue weighted by Crippen LogP contribution is 2.38. The molecule has 5 rings (SSSR count). The first-order chi connectivity index (χ1) is 16.1. The van der Waals surface area contributed by atoms with Crippen molar-refractivity contribution in [1.29, 1.82) is 0 Å². The zero-order valence-corrected chi connectivity index (χ0v) is 18.1. The molecule has 0 aromatic heterocycles. The van der Waals surface area contributed by atoms with E-state index in [1.54, 1.807) is 18.2 Å². The molecule has 0 spiro atoms. The van der Waals surface area contributed by atoms with Gasteiger partial charge in [0.1, 0.15) is 24.8 Å². The molecule has 2 heterocycles. The molecule has 8 heteroatoms. The Hall–Kier alpha value is -3.65. The first-order valence-electron chi connectivity index (χ1n) is 10.2. The smallest absolute Gasteiger partial charge is 0.271 e. The molecule has 3 aromatic carbocycles. The summed E-state index contributed by atoms with van der Waals surface area (Å²) in [6.45, 7) is 1.24. The summed E-state index contributed by atoms with van der Waals surface area (Å²) in [6, 6.07) is 17.2. The van der Waals surface area contributed by atoms with Gasteiger partial charge in [-0.3, -0.25) is 14.7 Å². The number of nitrogens with zero attached hydrogens (tertiary/aromatic N) is 2. The number of hydrogen-bond acceptors (Lipinski definition) is 5. The molecule has 1 fully saturated rings. The molecule has 1 saturated heterocycles. The van der Waals surface area contributed by atoms with E-state index in [2.05, 4.69) is 4.99 Å². The molecule has 0 radical (unpaired) electrons. The van der Waals surface area contributed by atoms with Crippen molar-refractivity contribution in [2.45, 2.75) is 6.54 Å². The zero-order chi connectivity index (χ0) is 22.8. The van der Waals surface area contributed by atoms with Crippen LogP contribution >= 0.6 is 11.8 Å². The number of rotatable bonds is 4. The van der Waals surface area contributed by atoms with Gasteiger partial charge in [0.15, 0.2) is 16.7 Å². The highest BCUT2D eigenvalue weighted by molar-refractivity contribution is 8.19. The number of benzene rings is 3. The molecule has 0 bridgehead atoms. The van der Waals surface area contributed by atoms with Gasteiger partial charge in [-0.1, -0.05) is 18.2 Å². The number of amidine groups is 1. The lowest BCUT2D eigenvalue weighted by Crippen LogP contribution is -2.28. The van der Waals surface area contributed by atoms with Crippen LogP contribution in [0.2, 0.25) is 0 Å². The molecule has 5 nitrogen and oxygen atoms in total. The van der Waals surface area contributed by atoms with Crippen molar-refractivity contribution in [3.8, 4) is 11.5 Å². The van der Waals surface area contributed by atoms with Gasteiger partial charge in [0.2, 0.25) is 0 Å². The molecule has 166 valence electrons. The predicted molar refractivity (Wildman–Crippen MR) is 124 cm³/mol. The molecule has 2 aliphatic heterocycles. The number of halogens is 2. The minimum Gasteiger partial charge on any atom is -0.486 e. The third kappa shape index (κ3) is 4.61. The van der Waals surface area contributed by atoms with E-state index in [0.717, 1.165) is 11.1 Å². The number of thioether (sulfide) groups is 1. The van der Waals surface area contributed by atoms with Crippen LogP contribution in [0.1, 0.15) is 11.1 Å². The first-order valence-corrected chi connectivity index (χ1v) is 11.1. The van der Waals surface area contributed by atoms with Gasteiger partial charge in [0, 0.05) is 0 Å². The van der Waals surface area contributed by atoms with Crippen LogP contribution in [-0.4, -0.2) is 24.3 Å². The molecule has 0 N–H and O–H groups in total. The number of anilines is 1. The minimum absolute atomic E-state index is 0.264. The second-order valence-electron chi connectivity index (χ2n) is 7.36. The van der Waals surface area contributed by atoms with Crippen LogP contribution in [0.15, 0.2) is 76.6 Å². The van der Waals surface area contributed by atoms with E-state index in [1.165, 1.54) is 53.1 Å². The monoisotopic (exact) mass is 464 g/mol. The van der Waals surface area contributed by atoms with Gasteiger partial charge in [0.05, 0.1) is 17.1 Å². The highest BCUT2D eigenvalue weighted by Gasteiger charge is 2.34. The van der Waals surface area contributed by atoms with Crippen molar-refractivity contribution in [2.24, 2.45) is 4.99 Å². The van der Waals surface area contributed by atoms with Gasteiger partial charge in [-0.05, 0) is 77.5 Å². The Morgan fingerprint density at radius 3 is 2.30 bits per heavy atom. The molecular formula is C25H18F2N2O3S. The van der Waals surface area contributed by atoms with Gasteiger partial charge in [0.25, 0.3) is 5.91 Å². The van der Waals surface area contributed by atoms with Gasteiger partial charge in [-0.25, -0.2) is 8.78 Å². The van der Waals surface area contributed by atoms with E-state index in [0.29, 0.717) is 40.5 Å². The molecule has 2 aliphatic rings. The van der Waals surface area contributed by atoms with Crippen molar-refractivity contribution in [3.63, 3.8) is 0 Å². The number of ether oxygens (including phenoxy) is 2. The van der Waals surface area contributed by atoms with Crippen molar-refractivity contribution in [2.75, 3.05) is 18.1 Å². The zero-order valence-electron chi connectivity index (χ0n) is 17.3. The molecule has 0 saturated carbocycles. The predicted octanol–water partition coefficient (Wildman–Crippen LogP) is 5.41. The van der Waals surface area contributed by atoms with Crippen LogP contribution in [0, 0.1) is 11.6 Å². The van der Waals surface area contributed by atoms with E-state index in [-0.39, 0.29) is 18.3 Å². The summed E-state index contributed by atoms with van der Waals surface area (Å²) in [6.07, 6.45) is 1.77. The van der Waals surface area contributed by atoms with Crippen molar-refractivity contribution in [1.82, 2.24) is 0 Å². The summed E-state index contributed by atoms with van der Waals surface area (Å²) >= 11 is 1.23. The summed E-state index contributed by atoms with van der Waals surface area (Å²) in [7, 11) is 0. The molecule has 1 amide bonds. The average molecular weight is 464 g/mol. The minimum atomic E-state index is -0.394. The van der Waals surface area contributed by atoms with Gasteiger partial charge >= 0.3 is 0 Å². The van der Waals surface area contributed by atoms with Gasteiger partial charge < -0.3 is 9.47 Å². The van der Waals surface area contributed by atoms with E-state index >= 15 is 0 Å². The van der Waals surface area contributed by atoms with Crippen LogP contribution in [0.25, 0.3) is 6.08 Å². The van der Waals surface area contributed by atoms with Crippen molar-refractivity contribution >= 4 is 34.6 Å². The second-order valence-corrected chi connectivity index (χ2v) is 8.37. The largest absolute Gasteiger partial charge is 0.486 e. The number of hydrogen-bond donors (Lipinski definition) is 0. The molecule has 0 aliphatic carbocycles. The Morgan fingerprint density at radius 1 is 0.909 bits per heavy atom. The van der Waals surface area contributed by atoms with E-state index in [9.17, 15) is 13.6 Å². The Bertz CT molecular complexity index is 1260. The SMILES string of the molecule is O=C1/C(=C/c2ccc3c(c2)OCCO3)S/C(=N\Cc2ccc(F)cc2)N1c1ccc(F)cc1. The Balaban J connectivity index is 1.48. The maximum Gasteiger partial charge on any atom is 0.271 e. The fraction of sp³-hybridized carbons (Fsp3) is 0.120. The normalized spacial score (nSPS) is 17.8. The number of aliphatic imine (C=N–C) groups is 1. The summed E-state index contributed by atoms with van der Waals surface area (Å²) < 4.78 is 37.9. The standard InChI is InChI=1S/C25H18F2N2O3S/c26-18-4-1-16(2-5-18)15-28-25-29(20-8-6-19(27)7-9-20)24(30)23(33-25)14-17-3-10-21-22(13-17)32-12-11-31-21/h1-10,13-14H,11-12,15H2/b23-14-,28-25-. The second kappa shape index (κ2) is 9.07. The summed E-state index contributed by atoms with van der Waals surface area (Å²) in [4.78, 5) is 19.8. The van der Waals surface area contributed by atoms with E-state index < -0.39 is 5.82 Å². The number of amides is 1. The summed E-state index contributed by atoms with van der Waals surface area (Å²) in [5.41, 5.74) is 2.10. The Labute approximate surface area is 193 Å². The topological polar surface area (TPSA) is 51.1 Å². The fourth-order valence-electron chi connectivity index (χ4n) is 3.45.